The molecule has 0 fully saturated rings. The molecule has 9 nitrogen and oxygen atoms in total. The molecule has 1 aromatic heterocycles. The van der Waals surface area contributed by atoms with E-state index >= 15 is 0 Å². The van der Waals surface area contributed by atoms with E-state index in [-0.39, 0.29) is 42.6 Å². The van der Waals surface area contributed by atoms with Gasteiger partial charge in [-0.25, -0.2) is 13.4 Å². The highest BCUT2D eigenvalue weighted by molar-refractivity contribution is 7.89. The van der Waals surface area contributed by atoms with Crippen LogP contribution in [0.4, 0.5) is 0 Å². The summed E-state index contributed by atoms with van der Waals surface area (Å²) in [6, 6.07) is 17.2. The summed E-state index contributed by atoms with van der Waals surface area (Å²) in [6.07, 6.45) is 3.81. The molecule has 0 atom stereocenters. The lowest BCUT2D eigenvalue weighted by Gasteiger charge is -2.26. The Hall–Kier alpha value is -3.73. The number of ether oxygens (including phenoxy) is 2. The van der Waals surface area contributed by atoms with Gasteiger partial charge in [0.1, 0.15) is 13.2 Å². The van der Waals surface area contributed by atoms with Crippen LogP contribution >= 0.6 is 11.6 Å². The van der Waals surface area contributed by atoms with Gasteiger partial charge in [-0.2, -0.15) is 4.31 Å². The molecule has 0 bridgehead atoms. The second kappa shape index (κ2) is 12.2. The number of pyridine rings is 1. The van der Waals surface area contributed by atoms with E-state index in [4.69, 9.17) is 16.3 Å². The molecule has 11 heteroatoms. The smallest absolute Gasteiger partial charge is 0.325 e. The molecule has 198 valence electrons. The Kier molecular flexibility index (Phi) is 8.77. The fourth-order valence-electron chi connectivity index (χ4n) is 3.83. The van der Waals surface area contributed by atoms with Crippen LogP contribution in [0, 0.1) is 0 Å². The predicted octanol–water partition coefficient (Wildman–Crippen LogP) is 3.69. The first-order valence-corrected chi connectivity index (χ1v) is 13.6. The molecule has 2 heterocycles. The number of aromatic nitrogens is 1. The largest absolute Gasteiger partial charge is 0.486 e. The van der Waals surface area contributed by atoms with E-state index < -0.39 is 21.9 Å². The zero-order valence-electron chi connectivity index (χ0n) is 20.6. The highest BCUT2D eigenvalue weighted by Gasteiger charge is 2.27. The second-order valence-corrected chi connectivity index (χ2v) is 10.8. The van der Waals surface area contributed by atoms with Crippen LogP contribution in [0.25, 0.3) is 5.57 Å². The first-order valence-electron chi connectivity index (χ1n) is 11.7. The number of hydrogen-bond acceptors (Lipinski definition) is 7. The van der Waals surface area contributed by atoms with Gasteiger partial charge in [-0.05, 0) is 53.5 Å². The molecule has 1 aliphatic heterocycles. The number of halogens is 1. The van der Waals surface area contributed by atoms with Crippen molar-refractivity contribution in [3.8, 4) is 5.75 Å². The third-order valence-corrected chi connectivity index (χ3v) is 8.05. The van der Waals surface area contributed by atoms with Gasteiger partial charge in [0.15, 0.2) is 11.4 Å². The quantitative estimate of drug-likeness (QED) is 0.400. The maximum atomic E-state index is 13.0. The maximum Gasteiger partial charge on any atom is 0.325 e. The number of nitrogens with one attached hydrogen (secondary N) is 1. The van der Waals surface area contributed by atoms with Crippen LogP contribution in [-0.2, 0) is 26.2 Å². The number of carbonyl (C=O) groups is 2. The molecule has 0 spiro atoms. The second-order valence-electron chi connectivity index (χ2n) is 8.40. The van der Waals surface area contributed by atoms with Gasteiger partial charge < -0.3 is 14.8 Å². The van der Waals surface area contributed by atoms with Crippen LogP contribution in [-0.4, -0.2) is 56.3 Å². The Labute approximate surface area is 226 Å². The molecule has 1 aliphatic rings. The number of esters is 1. The fourth-order valence-corrected chi connectivity index (χ4v) is 5.34. The molecule has 4 rings (SSSR count). The summed E-state index contributed by atoms with van der Waals surface area (Å²) in [7, 11) is -2.43. The summed E-state index contributed by atoms with van der Waals surface area (Å²) in [5.74, 6) is -0.930. The van der Waals surface area contributed by atoms with E-state index in [9.17, 15) is 18.0 Å². The SMILES string of the molecule is COC(=O)CNC(=O)c1ncc(C2=CCN(S(=O)(=O)c3ccc(Cl)cc3)CC2)cc1OCc1ccccc1. The fraction of sp³-hybridized carbons (Fsp3) is 0.222. The minimum Gasteiger partial charge on any atom is -0.486 e. The standard InChI is InChI=1S/C27H26ClN3O6S/c1-36-25(32)17-30-27(33)26-24(37-18-19-5-3-2-4-6-19)15-21(16-29-26)20-11-13-31(14-12-20)38(34,35)23-9-7-22(28)8-10-23/h2-11,15-16H,12-14,17-18H2,1H3,(H,30,33). The minimum atomic E-state index is -3.67. The highest BCUT2D eigenvalue weighted by Crippen LogP contribution is 2.29. The van der Waals surface area contributed by atoms with E-state index in [0.717, 1.165) is 11.1 Å². The Bertz CT molecular complexity index is 1440. The van der Waals surface area contributed by atoms with Gasteiger partial charge in [-0.1, -0.05) is 48.0 Å². The zero-order chi connectivity index (χ0) is 27.1. The van der Waals surface area contributed by atoms with Gasteiger partial charge in [0, 0.05) is 24.3 Å². The summed E-state index contributed by atoms with van der Waals surface area (Å²) in [5, 5.41) is 2.94. The van der Waals surface area contributed by atoms with Gasteiger partial charge >= 0.3 is 5.97 Å². The average molecular weight is 556 g/mol. The lowest BCUT2D eigenvalue weighted by Crippen LogP contribution is -2.34. The zero-order valence-corrected chi connectivity index (χ0v) is 22.2. The van der Waals surface area contributed by atoms with Crippen molar-refractivity contribution in [1.82, 2.24) is 14.6 Å². The molecule has 2 aromatic carbocycles. The molecule has 3 aromatic rings. The van der Waals surface area contributed by atoms with Crippen LogP contribution in [0.5, 0.6) is 5.75 Å². The number of hydrogen-bond donors (Lipinski definition) is 1. The number of sulfonamides is 1. The number of nitrogens with zero attached hydrogens (tertiary/aromatic N) is 2. The van der Waals surface area contributed by atoms with Crippen molar-refractivity contribution in [1.29, 1.82) is 0 Å². The Balaban J connectivity index is 1.55. The van der Waals surface area contributed by atoms with Gasteiger partial charge in [-0.3, -0.25) is 9.59 Å². The predicted molar refractivity (Wildman–Crippen MR) is 142 cm³/mol. The highest BCUT2D eigenvalue weighted by atomic mass is 35.5. The van der Waals surface area contributed by atoms with Crippen molar-refractivity contribution in [2.45, 2.75) is 17.9 Å². The minimum absolute atomic E-state index is 0.0249. The van der Waals surface area contributed by atoms with E-state index in [1.165, 1.54) is 29.7 Å². The van der Waals surface area contributed by atoms with Crippen LogP contribution in [0.15, 0.2) is 77.8 Å². The normalized spacial score (nSPS) is 13.9. The van der Waals surface area contributed by atoms with E-state index in [2.05, 4.69) is 15.0 Å². The molecule has 0 unspecified atom stereocenters. The van der Waals surface area contributed by atoms with Crippen LogP contribution in [0.1, 0.15) is 28.0 Å². The van der Waals surface area contributed by atoms with E-state index in [1.54, 1.807) is 18.2 Å². The monoisotopic (exact) mass is 555 g/mol. The van der Waals surface area contributed by atoms with Crippen molar-refractivity contribution in [2.24, 2.45) is 0 Å². The molecule has 1 amide bonds. The first kappa shape index (κ1) is 27.3. The molecule has 38 heavy (non-hydrogen) atoms. The number of carbonyl (C=O) groups excluding carboxylic acids is 2. The molecular weight excluding hydrogens is 530 g/mol. The molecule has 0 radical (unpaired) electrons. The first-order chi connectivity index (χ1) is 18.3. The van der Waals surface area contributed by atoms with Crippen molar-refractivity contribution in [2.75, 3.05) is 26.7 Å². The van der Waals surface area contributed by atoms with E-state index in [0.29, 0.717) is 17.0 Å². The number of benzene rings is 2. The Morgan fingerprint density at radius 3 is 2.50 bits per heavy atom. The van der Waals surface area contributed by atoms with Gasteiger partial charge in [0.2, 0.25) is 10.0 Å². The Morgan fingerprint density at radius 1 is 1.11 bits per heavy atom. The number of methoxy groups -OCH3 is 1. The van der Waals surface area contributed by atoms with Crippen molar-refractivity contribution < 1.29 is 27.5 Å². The van der Waals surface area contributed by atoms with Crippen LogP contribution < -0.4 is 10.1 Å². The van der Waals surface area contributed by atoms with Crippen LogP contribution in [0.3, 0.4) is 0 Å². The van der Waals surface area contributed by atoms with Crippen molar-refractivity contribution in [3.63, 3.8) is 0 Å². The third kappa shape index (κ3) is 6.58. The average Bonchev–Trinajstić information content (AvgIpc) is 2.95. The van der Waals surface area contributed by atoms with Gasteiger partial charge in [0.25, 0.3) is 5.91 Å². The molecular formula is C27H26ClN3O6S. The summed E-state index contributed by atoms with van der Waals surface area (Å²) in [4.78, 5) is 28.7. The molecule has 0 aliphatic carbocycles. The number of amides is 1. The van der Waals surface area contributed by atoms with Crippen molar-refractivity contribution >= 4 is 39.1 Å². The molecule has 1 N–H and O–H groups in total. The Morgan fingerprint density at radius 2 is 1.84 bits per heavy atom. The lowest BCUT2D eigenvalue weighted by molar-refractivity contribution is -0.139. The molecule has 0 saturated carbocycles. The summed E-state index contributed by atoms with van der Waals surface area (Å²) < 4.78 is 38.0. The van der Waals surface area contributed by atoms with Gasteiger partial charge in [0.05, 0.1) is 12.0 Å². The van der Waals surface area contributed by atoms with E-state index in [1.807, 2.05) is 36.4 Å². The van der Waals surface area contributed by atoms with Gasteiger partial charge in [-0.15, -0.1) is 0 Å². The topological polar surface area (TPSA) is 115 Å². The maximum absolute atomic E-state index is 13.0. The summed E-state index contributed by atoms with van der Waals surface area (Å²) in [5.41, 5.74) is 2.52. The number of rotatable bonds is 9. The lowest BCUT2D eigenvalue weighted by atomic mass is 10.0. The van der Waals surface area contributed by atoms with Crippen molar-refractivity contribution in [3.05, 3.63) is 94.8 Å². The molecule has 0 saturated heterocycles. The third-order valence-electron chi connectivity index (χ3n) is 5.92. The summed E-state index contributed by atoms with van der Waals surface area (Å²) in [6.45, 7) is 0.357. The summed E-state index contributed by atoms with van der Waals surface area (Å²) >= 11 is 5.89. The van der Waals surface area contributed by atoms with Crippen LogP contribution in [0.2, 0.25) is 5.02 Å².